The molecule has 21 heavy (non-hydrogen) atoms. The largest absolute Gasteiger partial charge is 0.333 e. The van der Waals surface area contributed by atoms with Crippen LogP contribution in [0, 0.1) is 0 Å². The highest BCUT2D eigenvalue weighted by atomic mass is 16.2. The Morgan fingerprint density at radius 2 is 2.14 bits per heavy atom. The first-order chi connectivity index (χ1) is 10.2. The number of rotatable bonds is 4. The second-order valence-corrected chi connectivity index (χ2v) is 5.30. The first kappa shape index (κ1) is 13.8. The van der Waals surface area contributed by atoms with Gasteiger partial charge in [0, 0.05) is 19.3 Å². The van der Waals surface area contributed by atoms with Crippen LogP contribution in [0.4, 0.5) is 0 Å². The maximum absolute atomic E-state index is 12.4. The van der Waals surface area contributed by atoms with Gasteiger partial charge in [-0.15, -0.1) is 10.2 Å². The molecule has 0 saturated carbocycles. The second-order valence-electron chi connectivity index (χ2n) is 5.30. The molecule has 1 atom stereocenters. The Hall–Kier alpha value is -2.18. The SMILES string of the molecule is CCCN1Cc2nnc(-c3ccn(CC)n3)n2[C@@H](C)C1=O. The lowest BCUT2D eigenvalue weighted by molar-refractivity contribution is -0.136. The number of carbonyl (C=O) groups excluding carboxylic acids is 1. The van der Waals surface area contributed by atoms with E-state index in [1.807, 2.05) is 40.3 Å². The van der Waals surface area contributed by atoms with Crippen LogP contribution < -0.4 is 0 Å². The number of amides is 1. The molecule has 1 aliphatic heterocycles. The van der Waals surface area contributed by atoms with Gasteiger partial charge in [0.2, 0.25) is 5.91 Å². The summed E-state index contributed by atoms with van der Waals surface area (Å²) in [4.78, 5) is 14.3. The highest BCUT2D eigenvalue weighted by Crippen LogP contribution is 2.27. The van der Waals surface area contributed by atoms with E-state index in [1.54, 1.807) is 0 Å². The van der Waals surface area contributed by atoms with Gasteiger partial charge in [-0.25, -0.2) is 0 Å². The molecule has 0 spiro atoms. The first-order valence-corrected chi connectivity index (χ1v) is 7.42. The van der Waals surface area contributed by atoms with Gasteiger partial charge in [0.05, 0.1) is 6.54 Å². The molecular formula is C14H20N6O. The Kier molecular flexibility index (Phi) is 3.48. The van der Waals surface area contributed by atoms with Crippen LogP contribution in [-0.4, -0.2) is 41.9 Å². The van der Waals surface area contributed by atoms with Crippen molar-refractivity contribution in [3.8, 4) is 11.5 Å². The average molecular weight is 288 g/mol. The van der Waals surface area contributed by atoms with Crippen molar-refractivity contribution >= 4 is 5.91 Å². The summed E-state index contributed by atoms with van der Waals surface area (Å²) in [6.07, 6.45) is 2.86. The van der Waals surface area contributed by atoms with Crippen molar-refractivity contribution in [3.05, 3.63) is 18.1 Å². The zero-order valence-corrected chi connectivity index (χ0v) is 12.7. The number of nitrogens with zero attached hydrogens (tertiary/aromatic N) is 6. The molecule has 3 heterocycles. The highest BCUT2D eigenvalue weighted by Gasteiger charge is 2.33. The minimum Gasteiger partial charge on any atom is -0.333 e. The van der Waals surface area contributed by atoms with Crippen molar-refractivity contribution in [1.82, 2.24) is 29.4 Å². The molecule has 3 rings (SSSR count). The molecule has 0 aromatic carbocycles. The zero-order valence-electron chi connectivity index (χ0n) is 12.7. The van der Waals surface area contributed by atoms with Gasteiger partial charge < -0.3 is 4.90 Å². The molecule has 112 valence electrons. The van der Waals surface area contributed by atoms with E-state index in [9.17, 15) is 4.79 Å². The lowest BCUT2D eigenvalue weighted by atomic mass is 10.2. The summed E-state index contributed by atoms with van der Waals surface area (Å²) in [5, 5.41) is 13.0. The first-order valence-electron chi connectivity index (χ1n) is 7.42. The summed E-state index contributed by atoms with van der Waals surface area (Å²) in [5.74, 6) is 1.63. The minimum absolute atomic E-state index is 0.125. The molecule has 1 aliphatic rings. The van der Waals surface area contributed by atoms with E-state index in [2.05, 4.69) is 22.2 Å². The summed E-state index contributed by atoms with van der Waals surface area (Å²) in [6.45, 7) is 8.09. The van der Waals surface area contributed by atoms with E-state index in [0.717, 1.165) is 31.0 Å². The predicted octanol–water partition coefficient (Wildman–Crippen LogP) is 1.47. The lowest BCUT2D eigenvalue weighted by Gasteiger charge is -2.31. The smallest absolute Gasteiger partial charge is 0.245 e. The summed E-state index contributed by atoms with van der Waals surface area (Å²) >= 11 is 0. The van der Waals surface area contributed by atoms with Crippen molar-refractivity contribution in [2.75, 3.05) is 6.54 Å². The molecule has 2 aromatic rings. The molecule has 0 fully saturated rings. The van der Waals surface area contributed by atoms with Gasteiger partial charge >= 0.3 is 0 Å². The van der Waals surface area contributed by atoms with Crippen molar-refractivity contribution in [2.24, 2.45) is 0 Å². The van der Waals surface area contributed by atoms with Crippen molar-refractivity contribution < 1.29 is 4.79 Å². The van der Waals surface area contributed by atoms with Gasteiger partial charge in [-0.05, 0) is 26.3 Å². The van der Waals surface area contributed by atoms with Gasteiger partial charge in [-0.2, -0.15) is 5.10 Å². The monoisotopic (exact) mass is 288 g/mol. The zero-order chi connectivity index (χ0) is 15.0. The Balaban J connectivity index is 1.99. The number of aryl methyl sites for hydroxylation is 1. The van der Waals surface area contributed by atoms with Crippen molar-refractivity contribution in [1.29, 1.82) is 0 Å². The van der Waals surface area contributed by atoms with Gasteiger partial charge in [-0.1, -0.05) is 6.92 Å². The minimum atomic E-state index is -0.280. The Labute approximate surface area is 123 Å². The average Bonchev–Trinajstić information content (AvgIpc) is 3.10. The van der Waals surface area contributed by atoms with Crippen LogP contribution in [0.2, 0.25) is 0 Å². The van der Waals surface area contributed by atoms with Crippen LogP contribution in [0.25, 0.3) is 11.5 Å². The molecule has 0 aliphatic carbocycles. The van der Waals surface area contributed by atoms with E-state index in [1.165, 1.54) is 0 Å². The van der Waals surface area contributed by atoms with Crippen LogP contribution >= 0.6 is 0 Å². The van der Waals surface area contributed by atoms with E-state index in [0.29, 0.717) is 12.4 Å². The standard InChI is InChI=1S/C14H20N6O/c1-4-7-18-9-12-15-16-13(20(12)10(3)14(18)21)11-6-8-19(5-2)17-11/h6,8,10H,4-5,7,9H2,1-3H3/t10-/m0/s1. The fraction of sp³-hybridized carbons (Fsp3) is 0.571. The molecule has 7 nitrogen and oxygen atoms in total. The van der Waals surface area contributed by atoms with Crippen LogP contribution in [0.15, 0.2) is 12.3 Å². The fourth-order valence-electron chi connectivity index (χ4n) is 2.75. The van der Waals surface area contributed by atoms with Crippen LogP contribution in [0.3, 0.4) is 0 Å². The summed E-state index contributed by atoms with van der Waals surface area (Å²) < 4.78 is 3.76. The lowest BCUT2D eigenvalue weighted by Crippen LogP contribution is -2.42. The number of carbonyl (C=O) groups is 1. The normalized spacial score (nSPS) is 18.1. The van der Waals surface area contributed by atoms with E-state index >= 15 is 0 Å². The second kappa shape index (κ2) is 5.31. The van der Waals surface area contributed by atoms with E-state index in [4.69, 9.17) is 0 Å². The molecule has 2 aromatic heterocycles. The molecule has 0 unspecified atom stereocenters. The fourth-order valence-corrected chi connectivity index (χ4v) is 2.75. The quantitative estimate of drug-likeness (QED) is 0.854. The predicted molar refractivity (Wildman–Crippen MR) is 77.3 cm³/mol. The number of hydrogen-bond donors (Lipinski definition) is 0. The third-order valence-corrected chi connectivity index (χ3v) is 3.84. The van der Waals surface area contributed by atoms with Crippen LogP contribution in [0.5, 0.6) is 0 Å². The Bertz CT molecular complexity index is 658. The maximum Gasteiger partial charge on any atom is 0.245 e. The molecule has 0 bridgehead atoms. The molecule has 1 amide bonds. The summed E-state index contributed by atoms with van der Waals surface area (Å²) in [7, 11) is 0. The van der Waals surface area contributed by atoms with Gasteiger partial charge in [-0.3, -0.25) is 14.0 Å². The van der Waals surface area contributed by atoms with Crippen LogP contribution in [0.1, 0.15) is 39.1 Å². The number of aromatic nitrogens is 5. The van der Waals surface area contributed by atoms with E-state index in [-0.39, 0.29) is 11.9 Å². The molecule has 0 saturated heterocycles. The third-order valence-electron chi connectivity index (χ3n) is 3.84. The van der Waals surface area contributed by atoms with Gasteiger partial charge in [0.15, 0.2) is 11.6 Å². The molecule has 7 heteroatoms. The van der Waals surface area contributed by atoms with E-state index < -0.39 is 0 Å². The molecular weight excluding hydrogens is 268 g/mol. The third kappa shape index (κ3) is 2.22. The number of hydrogen-bond acceptors (Lipinski definition) is 4. The molecule has 0 N–H and O–H groups in total. The van der Waals surface area contributed by atoms with Gasteiger partial charge in [0.1, 0.15) is 11.7 Å². The topological polar surface area (TPSA) is 68.8 Å². The molecule has 0 radical (unpaired) electrons. The highest BCUT2D eigenvalue weighted by molar-refractivity contribution is 5.81. The summed E-state index contributed by atoms with van der Waals surface area (Å²) in [5.41, 5.74) is 0.763. The summed E-state index contributed by atoms with van der Waals surface area (Å²) in [6, 6.07) is 1.63. The van der Waals surface area contributed by atoms with Crippen LogP contribution in [-0.2, 0) is 17.9 Å². The van der Waals surface area contributed by atoms with Crippen molar-refractivity contribution in [3.63, 3.8) is 0 Å². The Morgan fingerprint density at radius 3 is 2.81 bits per heavy atom. The van der Waals surface area contributed by atoms with Gasteiger partial charge in [0.25, 0.3) is 0 Å². The maximum atomic E-state index is 12.4. The van der Waals surface area contributed by atoms with Crippen molar-refractivity contribution in [2.45, 2.75) is 46.3 Å². The Morgan fingerprint density at radius 1 is 1.33 bits per heavy atom. The number of fused-ring (bicyclic) bond motifs is 1.